The number of para-hydroxylation sites is 1. The molecule has 3 rings (SSSR count). The third-order valence-electron chi connectivity index (χ3n) is 3.69. The monoisotopic (exact) mass is 269 g/mol. The Morgan fingerprint density at radius 2 is 1.95 bits per heavy atom. The maximum absolute atomic E-state index is 9.17. The molecule has 2 N–H and O–H groups in total. The van der Waals surface area contributed by atoms with Crippen molar-refractivity contribution in [2.45, 2.75) is 25.6 Å². The fraction of sp³-hybridized carbons (Fsp3) is 0.294. The predicted molar refractivity (Wildman–Crippen MR) is 78.5 cm³/mol. The van der Waals surface area contributed by atoms with Crippen LogP contribution in [0.3, 0.4) is 0 Å². The van der Waals surface area contributed by atoms with Crippen LogP contribution in [0, 0.1) is 0 Å². The van der Waals surface area contributed by atoms with Gasteiger partial charge in [0.2, 0.25) is 0 Å². The lowest BCUT2D eigenvalue weighted by Crippen LogP contribution is -2.26. The Kier molecular flexibility index (Phi) is 4.00. The number of hydrogen-bond donors (Lipinski definition) is 2. The lowest BCUT2D eigenvalue weighted by atomic mass is 10.00. The number of aliphatic hydroxyl groups is 1. The van der Waals surface area contributed by atoms with Gasteiger partial charge in [0, 0.05) is 24.6 Å². The first-order valence-electron chi connectivity index (χ1n) is 7.00. The van der Waals surface area contributed by atoms with E-state index in [9.17, 15) is 5.11 Å². The van der Waals surface area contributed by atoms with Crippen LogP contribution in [-0.2, 0) is 13.2 Å². The second kappa shape index (κ2) is 6.07. The highest BCUT2D eigenvalue weighted by atomic mass is 16.5. The van der Waals surface area contributed by atoms with Gasteiger partial charge in [0.15, 0.2) is 0 Å². The first kappa shape index (κ1) is 13.2. The van der Waals surface area contributed by atoms with Gasteiger partial charge in [0.05, 0.1) is 13.2 Å². The van der Waals surface area contributed by atoms with Crippen LogP contribution in [0.5, 0.6) is 5.75 Å². The lowest BCUT2D eigenvalue weighted by molar-refractivity contribution is 0.252. The van der Waals surface area contributed by atoms with E-state index in [4.69, 9.17) is 4.74 Å². The summed E-state index contributed by atoms with van der Waals surface area (Å²) in [6.07, 6.45) is 0.983. The Morgan fingerprint density at radius 1 is 1.10 bits per heavy atom. The van der Waals surface area contributed by atoms with E-state index in [1.165, 1.54) is 11.1 Å². The summed E-state index contributed by atoms with van der Waals surface area (Å²) in [5.74, 6) is 0.986. The lowest BCUT2D eigenvalue weighted by Gasteiger charge is -2.26. The normalized spacial score (nSPS) is 17.4. The molecule has 1 aliphatic heterocycles. The number of aliphatic hydroxyl groups excluding tert-OH is 1. The van der Waals surface area contributed by atoms with Crippen LogP contribution in [0.25, 0.3) is 0 Å². The maximum atomic E-state index is 9.17. The molecule has 1 heterocycles. The summed E-state index contributed by atoms with van der Waals surface area (Å²) in [5, 5.41) is 12.8. The van der Waals surface area contributed by atoms with Crippen LogP contribution >= 0.6 is 0 Å². The molecule has 0 radical (unpaired) electrons. The third-order valence-corrected chi connectivity index (χ3v) is 3.69. The first-order chi connectivity index (χ1) is 9.86. The van der Waals surface area contributed by atoms with Crippen LogP contribution in [0.15, 0.2) is 48.5 Å². The smallest absolute Gasteiger partial charge is 0.124 e. The molecule has 0 aromatic heterocycles. The van der Waals surface area contributed by atoms with Crippen molar-refractivity contribution in [2.24, 2.45) is 0 Å². The molecule has 1 atom stereocenters. The predicted octanol–water partition coefficient (Wildman–Crippen LogP) is 2.79. The van der Waals surface area contributed by atoms with E-state index in [2.05, 4.69) is 23.5 Å². The van der Waals surface area contributed by atoms with Gasteiger partial charge in [-0.3, -0.25) is 0 Å². The van der Waals surface area contributed by atoms with Gasteiger partial charge < -0.3 is 15.2 Å². The van der Waals surface area contributed by atoms with Crippen LogP contribution in [-0.4, -0.2) is 11.7 Å². The Hall–Kier alpha value is -1.84. The summed E-state index contributed by atoms with van der Waals surface area (Å²) in [7, 11) is 0. The molecule has 3 nitrogen and oxygen atoms in total. The van der Waals surface area contributed by atoms with Crippen LogP contribution < -0.4 is 10.1 Å². The summed E-state index contributed by atoms with van der Waals surface area (Å²) in [4.78, 5) is 0. The topological polar surface area (TPSA) is 41.5 Å². The van der Waals surface area contributed by atoms with Crippen LogP contribution in [0.2, 0.25) is 0 Å². The highest BCUT2D eigenvalue weighted by Crippen LogP contribution is 2.31. The van der Waals surface area contributed by atoms with E-state index in [0.29, 0.717) is 6.04 Å². The molecule has 104 valence electrons. The van der Waals surface area contributed by atoms with Gasteiger partial charge in [-0.15, -0.1) is 0 Å². The fourth-order valence-electron chi connectivity index (χ4n) is 2.63. The quantitative estimate of drug-likeness (QED) is 0.896. The highest BCUT2D eigenvalue weighted by Gasteiger charge is 2.20. The summed E-state index contributed by atoms with van der Waals surface area (Å²) in [5.41, 5.74) is 3.38. The van der Waals surface area contributed by atoms with Gasteiger partial charge in [0.25, 0.3) is 0 Å². The number of rotatable bonds is 4. The minimum absolute atomic E-state index is 0.0912. The molecule has 1 aliphatic rings. The van der Waals surface area contributed by atoms with Crippen LogP contribution in [0.1, 0.15) is 29.2 Å². The van der Waals surface area contributed by atoms with E-state index in [1.807, 2.05) is 30.3 Å². The van der Waals surface area contributed by atoms with E-state index < -0.39 is 0 Å². The van der Waals surface area contributed by atoms with E-state index in [0.717, 1.165) is 30.9 Å². The zero-order valence-corrected chi connectivity index (χ0v) is 11.4. The third kappa shape index (κ3) is 2.84. The summed E-state index contributed by atoms with van der Waals surface area (Å²) in [6.45, 7) is 1.64. The van der Waals surface area contributed by atoms with Gasteiger partial charge >= 0.3 is 0 Å². The van der Waals surface area contributed by atoms with E-state index in [-0.39, 0.29) is 6.61 Å². The number of ether oxygens (including phenoxy) is 1. The molecule has 2 aromatic carbocycles. The molecule has 0 aliphatic carbocycles. The first-order valence-corrected chi connectivity index (χ1v) is 7.00. The van der Waals surface area contributed by atoms with Crippen molar-refractivity contribution in [3.8, 4) is 5.75 Å². The molecule has 0 amide bonds. The summed E-state index contributed by atoms with van der Waals surface area (Å²) in [6, 6.07) is 16.6. The average molecular weight is 269 g/mol. The van der Waals surface area contributed by atoms with Gasteiger partial charge in [-0.2, -0.15) is 0 Å². The van der Waals surface area contributed by atoms with Gasteiger partial charge in [-0.25, -0.2) is 0 Å². The van der Waals surface area contributed by atoms with Crippen molar-refractivity contribution in [3.05, 3.63) is 65.2 Å². The van der Waals surface area contributed by atoms with Crippen LogP contribution in [0.4, 0.5) is 0 Å². The second-order valence-electron chi connectivity index (χ2n) is 5.09. The standard InChI is InChI=1S/C17H19NO2/c19-12-14-5-3-4-13(10-14)11-18-16-8-9-20-17-7-2-1-6-15(16)17/h1-7,10,16,18-19H,8-9,11-12H2. The van der Waals surface area contributed by atoms with Crippen molar-refractivity contribution in [1.82, 2.24) is 5.32 Å². The van der Waals surface area contributed by atoms with Crippen molar-refractivity contribution >= 4 is 0 Å². The van der Waals surface area contributed by atoms with Crippen molar-refractivity contribution in [1.29, 1.82) is 0 Å². The second-order valence-corrected chi connectivity index (χ2v) is 5.09. The molecule has 0 saturated heterocycles. The van der Waals surface area contributed by atoms with Gasteiger partial charge in [-0.1, -0.05) is 42.5 Å². The SMILES string of the molecule is OCc1cccc(CNC2CCOc3ccccc32)c1. The molecule has 1 unspecified atom stereocenters. The number of hydrogen-bond acceptors (Lipinski definition) is 3. The minimum Gasteiger partial charge on any atom is -0.493 e. The molecular formula is C17H19NO2. The van der Waals surface area contributed by atoms with E-state index >= 15 is 0 Å². The number of nitrogens with one attached hydrogen (secondary N) is 1. The van der Waals surface area contributed by atoms with Gasteiger partial charge in [0.1, 0.15) is 5.75 Å². The minimum atomic E-state index is 0.0912. The molecule has 0 spiro atoms. The van der Waals surface area contributed by atoms with Gasteiger partial charge in [-0.05, 0) is 17.2 Å². The molecule has 0 saturated carbocycles. The molecule has 2 aromatic rings. The molecule has 3 heteroatoms. The Balaban J connectivity index is 1.70. The molecular weight excluding hydrogens is 250 g/mol. The summed E-state index contributed by atoms with van der Waals surface area (Å²) < 4.78 is 5.67. The van der Waals surface area contributed by atoms with Crippen molar-refractivity contribution in [2.75, 3.05) is 6.61 Å². The average Bonchev–Trinajstić information content (AvgIpc) is 2.53. The molecule has 0 fully saturated rings. The summed E-state index contributed by atoms with van der Waals surface area (Å²) >= 11 is 0. The Labute approximate surface area is 119 Å². The zero-order valence-electron chi connectivity index (χ0n) is 11.4. The number of fused-ring (bicyclic) bond motifs is 1. The Bertz CT molecular complexity index is 583. The number of benzene rings is 2. The van der Waals surface area contributed by atoms with E-state index in [1.54, 1.807) is 0 Å². The zero-order chi connectivity index (χ0) is 13.8. The Morgan fingerprint density at radius 3 is 2.85 bits per heavy atom. The largest absolute Gasteiger partial charge is 0.493 e. The maximum Gasteiger partial charge on any atom is 0.124 e. The van der Waals surface area contributed by atoms with Crippen molar-refractivity contribution < 1.29 is 9.84 Å². The van der Waals surface area contributed by atoms with Crippen molar-refractivity contribution in [3.63, 3.8) is 0 Å². The molecule has 0 bridgehead atoms. The molecule has 20 heavy (non-hydrogen) atoms. The fourth-order valence-corrected chi connectivity index (χ4v) is 2.63. The highest BCUT2D eigenvalue weighted by molar-refractivity contribution is 5.37.